The van der Waals surface area contributed by atoms with E-state index >= 15 is 0 Å². The molecule has 0 saturated carbocycles. The molecule has 1 fully saturated rings. The summed E-state index contributed by atoms with van der Waals surface area (Å²) in [6, 6.07) is 6.16. The average molecular weight is 250 g/mol. The molecule has 0 aromatic heterocycles. The Bertz CT molecular complexity index is 414. The number of primary amides is 1. The van der Waals surface area contributed by atoms with Crippen LogP contribution in [0.1, 0.15) is 28.8 Å². The normalized spacial score (nSPS) is 16.8. The van der Waals surface area contributed by atoms with Gasteiger partial charge in [0.15, 0.2) is 0 Å². The predicted molar refractivity (Wildman–Crippen MR) is 73.7 cm³/mol. The van der Waals surface area contributed by atoms with E-state index in [0.717, 1.165) is 11.3 Å². The topological polar surface area (TPSA) is 55.1 Å². The summed E-state index contributed by atoms with van der Waals surface area (Å²) in [4.78, 5) is 11.1. The first kappa shape index (κ1) is 12.3. The maximum absolute atomic E-state index is 11.1. The van der Waals surface area contributed by atoms with Gasteiger partial charge in [0.1, 0.15) is 0 Å². The molecule has 1 heterocycles. The maximum Gasteiger partial charge on any atom is 0.248 e. The van der Waals surface area contributed by atoms with Crippen LogP contribution in [-0.4, -0.2) is 23.5 Å². The van der Waals surface area contributed by atoms with Gasteiger partial charge in [0.2, 0.25) is 5.91 Å². The zero-order valence-electron chi connectivity index (χ0n) is 10.0. The number of nitrogens with two attached hydrogens (primary N) is 1. The van der Waals surface area contributed by atoms with Crippen molar-refractivity contribution >= 4 is 23.4 Å². The lowest BCUT2D eigenvalue weighted by Gasteiger charge is -2.24. The summed E-state index contributed by atoms with van der Waals surface area (Å²) < 4.78 is 0. The summed E-state index contributed by atoms with van der Waals surface area (Å²) >= 11 is 2.02. The molecule has 0 spiro atoms. The molecular weight excluding hydrogens is 232 g/mol. The van der Waals surface area contributed by atoms with Gasteiger partial charge in [-0.3, -0.25) is 4.79 Å². The van der Waals surface area contributed by atoms with Crippen molar-refractivity contribution in [2.75, 3.05) is 16.8 Å². The highest BCUT2D eigenvalue weighted by Crippen LogP contribution is 2.23. The van der Waals surface area contributed by atoms with Crippen LogP contribution < -0.4 is 11.1 Å². The van der Waals surface area contributed by atoms with Crippen LogP contribution in [0.25, 0.3) is 0 Å². The van der Waals surface area contributed by atoms with Crippen molar-refractivity contribution in [1.29, 1.82) is 0 Å². The van der Waals surface area contributed by atoms with Crippen LogP contribution in [-0.2, 0) is 0 Å². The fourth-order valence-corrected chi connectivity index (χ4v) is 3.15. The molecule has 2 rings (SSSR count). The highest BCUT2D eigenvalue weighted by molar-refractivity contribution is 7.99. The fraction of sp³-hybridized carbons (Fsp3) is 0.462. The lowest BCUT2D eigenvalue weighted by atomic mass is 10.1. The number of carbonyl (C=O) groups excluding carboxylic acids is 1. The van der Waals surface area contributed by atoms with Crippen LogP contribution in [0.4, 0.5) is 5.69 Å². The first-order chi connectivity index (χ1) is 8.16. The number of hydrogen-bond donors (Lipinski definition) is 2. The molecule has 17 heavy (non-hydrogen) atoms. The zero-order chi connectivity index (χ0) is 12.3. The number of amides is 1. The largest absolute Gasteiger partial charge is 0.382 e. The van der Waals surface area contributed by atoms with Crippen molar-refractivity contribution in [2.45, 2.75) is 25.8 Å². The SMILES string of the molecule is Cc1cc(C(N)=O)ccc1NC1CCSCC1. The van der Waals surface area contributed by atoms with Crippen LogP contribution in [0, 0.1) is 6.92 Å². The first-order valence-electron chi connectivity index (χ1n) is 5.91. The number of hydrogen-bond acceptors (Lipinski definition) is 3. The van der Waals surface area contributed by atoms with E-state index in [1.807, 2.05) is 30.8 Å². The molecule has 0 bridgehead atoms. The quantitative estimate of drug-likeness (QED) is 0.866. The second kappa shape index (κ2) is 5.45. The van der Waals surface area contributed by atoms with Gasteiger partial charge in [-0.1, -0.05) is 0 Å². The van der Waals surface area contributed by atoms with E-state index in [1.54, 1.807) is 6.07 Å². The molecule has 0 aliphatic carbocycles. The van der Waals surface area contributed by atoms with E-state index in [0.29, 0.717) is 11.6 Å². The van der Waals surface area contributed by atoms with Crippen LogP contribution >= 0.6 is 11.8 Å². The molecule has 1 aliphatic rings. The second-order valence-electron chi connectivity index (χ2n) is 4.42. The van der Waals surface area contributed by atoms with Gasteiger partial charge in [0, 0.05) is 17.3 Å². The summed E-state index contributed by atoms with van der Waals surface area (Å²) in [6.07, 6.45) is 2.42. The van der Waals surface area contributed by atoms with Gasteiger partial charge in [0.05, 0.1) is 0 Å². The second-order valence-corrected chi connectivity index (χ2v) is 5.65. The molecule has 3 nitrogen and oxygen atoms in total. The van der Waals surface area contributed by atoms with E-state index in [9.17, 15) is 4.79 Å². The third-order valence-electron chi connectivity index (χ3n) is 3.09. The van der Waals surface area contributed by atoms with Crippen molar-refractivity contribution in [3.63, 3.8) is 0 Å². The number of aryl methyl sites for hydroxylation is 1. The van der Waals surface area contributed by atoms with Crippen LogP contribution in [0.3, 0.4) is 0 Å². The van der Waals surface area contributed by atoms with Gasteiger partial charge in [-0.25, -0.2) is 0 Å². The Morgan fingerprint density at radius 1 is 1.41 bits per heavy atom. The van der Waals surface area contributed by atoms with Crippen molar-refractivity contribution in [2.24, 2.45) is 5.73 Å². The van der Waals surface area contributed by atoms with Gasteiger partial charge in [0.25, 0.3) is 0 Å². The number of benzene rings is 1. The summed E-state index contributed by atoms with van der Waals surface area (Å²) in [5, 5.41) is 3.55. The Balaban J connectivity index is 2.08. The minimum atomic E-state index is -0.367. The van der Waals surface area contributed by atoms with E-state index in [2.05, 4.69) is 5.32 Å². The van der Waals surface area contributed by atoms with E-state index in [4.69, 9.17) is 5.73 Å². The number of carbonyl (C=O) groups is 1. The molecule has 92 valence electrons. The highest BCUT2D eigenvalue weighted by Gasteiger charge is 2.14. The average Bonchev–Trinajstić information content (AvgIpc) is 2.33. The number of rotatable bonds is 3. The number of anilines is 1. The molecule has 1 aromatic carbocycles. The Labute approximate surface area is 106 Å². The van der Waals surface area contributed by atoms with Crippen molar-refractivity contribution < 1.29 is 4.79 Å². The first-order valence-corrected chi connectivity index (χ1v) is 7.07. The summed E-state index contributed by atoms with van der Waals surface area (Å²) in [5.74, 6) is 2.10. The van der Waals surface area contributed by atoms with E-state index in [-0.39, 0.29) is 5.91 Å². The summed E-state index contributed by atoms with van der Waals surface area (Å²) in [5.41, 5.74) is 8.03. The molecular formula is C13H18N2OS. The molecule has 4 heteroatoms. The molecule has 1 saturated heterocycles. The highest BCUT2D eigenvalue weighted by atomic mass is 32.2. The standard InChI is InChI=1S/C13H18N2OS/c1-9-8-10(13(14)16)2-3-12(9)15-11-4-6-17-7-5-11/h2-3,8,11,15H,4-7H2,1H3,(H2,14,16). The zero-order valence-corrected chi connectivity index (χ0v) is 10.8. The minimum absolute atomic E-state index is 0.367. The molecule has 1 aromatic rings. The van der Waals surface area contributed by atoms with Gasteiger partial charge in [-0.05, 0) is 55.0 Å². The lowest BCUT2D eigenvalue weighted by Crippen LogP contribution is -2.25. The smallest absolute Gasteiger partial charge is 0.248 e. The fourth-order valence-electron chi connectivity index (χ4n) is 2.04. The Kier molecular flexibility index (Phi) is 3.94. The minimum Gasteiger partial charge on any atom is -0.382 e. The number of nitrogens with one attached hydrogen (secondary N) is 1. The van der Waals surface area contributed by atoms with Crippen molar-refractivity contribution in [1.82, 2.24) is 0 Å². The summed E-state index contributed by atoms with van der Waals surface area (Å²) in [7, 11) is 0. The van der Waals surface area contributed by atoms with Crippen molar-refractivity contribution in [3.05, 3.63) is 29.3 Å². The van der Waals surface area contributed by atoms with Gasteiger partial charge in [-0.15, -0.1) is 0 Å². The Hall–Kier alpha value is -1.16. The van der Waals surface area contributed by atoms with Gasteiger partial charge >= 0.3 is 0 Å². The Morgan fingerprint density at radius 3 is 2.71 bits per heavy atom. The van der Waals surface area contributed by atoms with E-state index in [1.165, 1.54) is 24.3 Å². The van der Waals surface area contributed by atoms with Gasteiger partial charge < -0.3 is 11.1 Å². The van der Waals surface area contributed by atoms with Crippen LogP contribution in [0.15, 0.2) is 18.2 Å². The molecule has 0 unspecified atom stereocenters. The maximum atomic E-state index is 11.1. The molecule has 3 N–H and O–H groups in total. The van der Waals surface area contributed by atoms with Crippen molar-refractivity contribution in [3.8, 4) is 0 Å². The molecule has 0 atom stereocenters. The Morgan fingerprint density at radius 2 is 2.12 bits per heavy atom. The molecule has 0 radical (unpaired) electrons. The number of thioether (sulfide) groups is 1. The predicted octanol–water partition coefficient (Wildman–Crippen LogP) is 2.40. The third kappa shape index (κ3) is 3.16. The molecule has 1 amide bonds. The molecule has 1 aliphatic heterocycles. The van der Waals surface area contributed by atoms with Gasteiger partial charge in [-0.2, -0.15) is 11.8 Å². The van der Waals surface area contributed by atoms with Crippen LogP contribution in [0.5, 0.6) is 0 Å². The third-order valence-corrected chi connectivity index (χ3v) is 4.14. The van der Waals surface area contributed by atoms with Crippen LogP contribution in [0.2, 0.25) is 0 Å². The van der Waals surface area contributed by atoms with E-state index < -0.39 is 0 Å². The monoisotopic (exact) mass is 250 g/mol. The lowest BCUT2D eigenvalue weighted by molar-refractivity contribution is 0.100. The summed E-state index contributed by atoms with van der Waals surface area (Å²) in [6.45, 7) is 2.01.